The molecule has 10 nitrogen and oxygen atoms in total. The van der Waals surface area contributed by atoms with E-state index in [0.29, 0.717) is 0 Å². The van der Waals surface area contributed by atoms with E-state index in [1.807, 2.05) is 0 Å². The zero-order valence-electron chi connectivity index (χ0n) is 8.90. The number of rotatable bonds is 4. The number of ether oxygens (including phenoxy) is 1. The molecule has 0 radical (unpaired) electrons. The summed E-state index contributed by atoms with van der Waals surface area (Å²) in [5.74, 6) is 0. The highest BCUT2D eigenvalue weighted by atomic mass is 31.2. The summed E-state index contributed by atoms with van der Waals surface area (Å²) in [7, 11) is -5.50. The predicted molar refractivity (Wildman–Crippen MR) is 48.5 cm³/mol. The first-order valence-corrected chi connectivity index (χ1v) is 6.32. The normalized spacial score (nSPS) is 39.6. The second-order valence-corrected chi connectivity index (χ2v) is 4.85. The van der Waals surface area contributed by atoms with Gasteiger partial charge in [-0.05, 0) is 0 Å². The van der Waals surface area contributed by atoms with Gasteiger partial charge in [0.25, 0.3) is 0 Å². The monoisotopic (exact) mass is 288 g/mol. The Morgan fingerprint density at radius 3 is 2.22 bits per heavy atom. The SMILES string of the molecule is O=P([O-])([O-])OC1O[C@H]([C@H](O)CO)[C@@H](O)[C@H](O)[C@@H]1O. The molecule has 0 bridgehead atoms. The number of hydrogen-bond donors (Lipinski definition) is 5. The van der Waals surface area contributed by atoms with Crippen LogP contribution in [0.4, 0.5) is 0 Å². The fourth-order valence-corrected chi connectivity index (χ4v) is 1.94. The average Bonchev–Trinajstić information content (AvgIpc) is 2.27. The smallest absolute Gasteiger partial charge is 0.191 e. The van der Waals surface area contributed by atoms with Crippen molar-refractivity contribution in [2.24, 2.45) is 0 Å². The van der Waals surface area contributed by atoms with Crippen molar-refractivity contribution in [1.29, 1.82) is 0 Å². The molecule has 1 rings (SSSR count). The Bertz CT molecular complexity index is 317. The van der Waals surface area contributed by atoms with Gasteiger partial charge in [-0.1, -0.05) is 0 Å². The van der Waals surface area contributed by atoms with Crippen LogP contribution in [0.15, 0.2) is 0 Å². The summed E-state index contributed by atoms with van der Waals surface area (Å²) in [5, 5.41) is 46.1. The van der Waals surface area contributed by atoms with Gasteiger partial charge in [-0.25, -0.2) is 0 Å². The van der Waals surface area contributed by atoms with Gasteiger partial charge >= 0.3 is 0 Å². The molecule has 1 saturated heterocycles. The molecule has 0 amide bonds. The van der Waals surface area contributed by atoms with E-state index in [1.54, 1.807) is 0 Å². The zero-order chi connectivity index (χ0) is 14.1. The Labute approximate surface area is 101 Å². The van der Waals surface area contributed by atoms with E-state index in [2.05, 4.69) is 9.26 Å². The first-order valence-electron chi connectivity index (χ1n) is 4.86. The maximum absolute atomic E-state index is 10.4. The van der Waals surface area contributed by atoms with Crippen LogP contribution in [0.25, 0.3) is 0 Å². The summed E-state index contributed by atoms with van der Waals surface area (Å²) in [5.41, 5.74) is 0. The van der Waals surface area contributed by atoms with E-state index in [4.69, 9.17) is 5.11 Å². The molecule has 18 heavy (non-hydrogen) atoms. The lowest BCUT2D eigenvalue weighted by atomic mass is 9.96. The predicted octanol–water partition coefficient (Wildman–Crippen LogP) is -5.01. The number of aliphatic hydroxyl groups excluding tert-OH is 5. The molecule has 1 heterocycles. The fraction of sp³-hybridized carbons (Fsp3) is 1.00. The van der Waals surface area contributed by atoms with Crippen molar-refractivity contribution < 1.29 is 49.1 Å². The summed E-state index contributed by atoms with van der Waals surface area (Å²) in [6.45, 7) is -0.857. The van der Waals surface area contributed by atoms with Gasteiger partial charge < -0.3 is 49.1 Å². The number of phosphoric acid groups is 1. The van der Waals surface area contributed by atoms with E-state index in [9.17, 15) is 34.8 Å². The Hall–Kier alpha value is -0.130. The summed E-state index contributed by atoms with van der Waals surface area (Å²) in [4.78, 5) is 20.8. The van der Waals surface area contributed by atoms with E-state index in [0.717, 1.165) is 0 Å². The molecule has 6 atom stereocenters. The summed E-state index contributed by atoms with van der Waals surface area (Å²) in [6, 6.07) is 0. The Kier molecular flexibility index (Phi) is 5.21. The standard InChI is InChI=1S/C7H15O10P/c8-1-2(9)6-4(11)3(10)5(12)7(16-6)17-18(13,14)15/h2-12H,1H2,(H2,13,14,15)/p-2/t2-,3+,4+,5+,6-,7?/m1/s1. The van der Waals surface area contributed by atoms with Crippen molar-refractivity contribution in [2.75, 3.05) is 6.61 Å². The van der Waals surface area contributed by atoms with Crippen LogP contribution in [0.1, 0.15) is 0 Å². The second-order valence-electron chi connectivity index (χ2n) is 3.74. The van der Waals surface area contributed by atoms with Crippen molar-refractivity contribution in [2.45, 2.75) is 36.8 Å². The third-order valence-electron chi connectivity index (χ3n) is 2.41. The second kappa shape index (κ2) is 5.88. The Morgan fingerprint density at radius 1 is 1.22 bits per heavy atom. The van der Waals surface area contributed by atoms with Crippen molar-refractivity contribution >= 4 is 7.82 Å². The highest BCUT2D eigenvalue weighted by molar-refractivity contribution is 7.43. The molecule has 0 spiro atoms. The lowest BCUT2D eigenvalue weighted by Crippen LogP contribution is -2.61. The van der Waals surface area contributed by atoms with E-state index < -0.39 is 51.2 Å². The molecule has 0 aromatic rings. The summed E-state index contributed by atoms with van der Waals surface area (Å²) >= 11 is 0. The molecule has 108 valence electrons. The number of hydrogen-bond acceptors (Lipinski definition) is 10. The minimum atomic E-state index is -5.50. The van der Waals surface area contributed by atoms with E-state index in [1.165, 1.54) is 0 Å². The molecule has 0 saturated carbocycles. The van der Waals surface area contributed by atoms with Crippen LogP contribution in [0.5, 0.6) is 0 Å². The summed E-state index contributed by atoms with van der Waals surface area (Å²) in [6.07, 6.45) is -11.1. The maximum atomic E-state index is 10.4. The molecule has 11 heteroatoms. The minimum Gasteiger partial charge on any atom is -0.790 e. The van der Waals surface area contributed by atoms with Crippen molar-refractivity contribution in [1.82, 2.24) is 0 Å². The lowest BCUT2D eigenvalue weighted by Gasteiger charge is -2.44. The quantitative estimate of drug-likeness (QED) is 0.314. The Balaban J connectivity index is 2.84. The topological polar surface area (TPSA) is 183 Å². The highest BCUT2D eigenvalue weighted by Gasteiger charge is 2.47. The first-order chi connectivity index (χ1) is 8.17. The molecule has 1 aliphatic heterocycles. The first kappa shape index (κ1) is 15.9. The molecule has 0 aromatic heterocycles. The third kappa shape index (κ3) is 3.68. The average molecular weight is 288 g/mol. The molecular formula is C7H13O10P-2. The van der Waals surface area contributed by atoms with Crippen LogP contribution in [-0.2, 0) is 13.8 Å². The van der Waals surface area contributed by atoms with Gasteiger partial charge in [-0.3, -0.25) is 0 Å². The third-order valence-corrected chi connectivity index (χ3v) is 2.87. The zero-order valence-corrected chi connectivity index (χ0v) is 9.79. The van der Waals surface area contributed by atoms with Gasteiger partial charge in [0.1, 0.15) is 30.5 Å². The van der Waals surface area contributed by atoms with Crippen LogP contribution in [-0.4, -0.2) is 68.9 Å². The maximum Gasteiger partial charge on any atom is 0.191 e. The highest BCUT2D eigenvalue weighted by Crippen LogP contribution is 2.33. The van der Waals surface area contributed by atoms with Gasteiger partial charge in [0, 0.05) is 0 Å². The van der Waals surface area contributed by atoms with Crippen LogP contribution >= 0.6 is 7.82 Å². The molecule has 1 aliphatic rings. The van der Waals surface area contributed by atoms with Crippen LogP contribution < -0.4 is 9.79 Å². The van der Waals surface area contributed by atoms with Gasteiger partial charge in [0.05, 0.1) is 14.4 Å². The van der Waals surface area contributed by atoms with Gasteiger partial charge in [-0.2, -0.15) is 0 Å². The van der Waals surface area contributed by atoms with Crippen LogP contribution in [0.2, 0.25) is 0 Å². The minimum absolute atomic E-state index is 0.857. The molecule has 1 fully saturated rings. The fourth-order valence-electron chi connectivity index (χ4n) is 1.51. The van der Waals surface area contributed by atoms with Crippen molar-refractivity contribution in [3.63, 3.8) is 0 Å². The Morgan fingerprint density at radius 2 is 1.78 bits per heavy atom. The molecule has 5 N–H and O–H groups in total. The summed E-state index contributed by atoms with van der Waals surface area (Å²) < 4.78 is 18.9. The molecule has 1 unspecified atom stereocenters. The van der Waals surface area contributed by atoms with E-state index >= 15 is 0 Å². The van der Waals surface area contributed by atoms with Crippen molar-refractivity contribution in [3.8, 4) is 0 Å². The van der Waals surface area contributed by atoms with Crippen LogP contribution in [0.3, 0.4) is 0 Å². The number of phosphoric ester groups is 1. The van der Waals surface area contributed by atoms with Gasteiger partial charge in [-0.15, -0.1) is 0 Å². The largest absolute Gasteiger partial charge is 0.790 e. The molecule has 0 aromatic carbocycles. The number of aliphatic hydroxyl groups is 5. The lowest BCUT2D eigenvalue weighted by molar-refractivity contribution is -0.370. The van der Waals surface area contributed by atoms with Gasteiger partial charge in [0.15, 0.2) is 6.29 Å². The molecule has 0 aliphatic carbocycles. The van der Waals surface area contributed by atoms with Crippen molar-refractivity contribution in [3.05, 3.63) is 0 Å². The van der Waals surface area contributed by atoms with Crippen LogP contribution in [0, 0.1) is 0 Å². The molecular weight excluding hydrogens is 275 g/mol. The van der Waals surface area contributed by atoms with E-state index in [-0.39, 0.29) is 0 Å². The van der Waals surface area contributed by atoms with Gasteiger partial charge in [0.2, 0.25) is 0 Å².